The minimum atomic E-state index is -0.890. The van der Waals surface area contributed by atoms with Crippen molar-refractivity contribution in [1.82, 2.24) is 0 Å². The van der Waals surface area contributed by atoms with E-state index in [-0.39, 0.29) is 0 Å². The summed E-state index contributed by atoms with van der Waals surface area (Å²) in [5.74, 6) is 0. The van der Waals surface area contributed by atoms with Crippen molar-refractivity contribution in [2.45, 2.75) is 39.3 Å². The fourth-order valence-corrected chi connectivity index (χ4v) is 16.4. The molecule has 0 heterocycles. The molecule has 0 saturated carbocycles. The van der Waals surface area contributed by atoms with Gasteiger partial charge in [-0.2, -0.15) is 0 Å². The Balaban J connectivity index is 3.92. The Bertz CT molecular complexity index is 147. The second kappa shape index (κ2) is 4.48. The van der Waals surface area contributed by atoms with Crippen molar-refractivity contribution in [3.8, 4) is 0 Å². The molecule has 0 aromatic heterocycles. The highest BCUT2D eigenvalue weighted by molar-refractivity contribution is 8.30. The Kier molecular flexibility index (Phi) is 4.86. The van der Waals surface area contributed by atoms with Gasteiger partial charge in [-0.25, -0.2) is 0 Å². The van der Waals surface area contributed by atoms with Crippen LogP contribution in [0.4, 0.5) is 0 Å². The summed E-state index contributed by atoms with van der Waals surface area (Å²) >= 11 is 5.53. The Hall–Kier alpha value is 1.00. The van der Waals surface area contributed by atoms with Gasteiger partial charge in [0.1, 0.15) is 0 Å². The second-order valence-electron chi connectivity index (χ2n) is 5.85. The number of hydrogen-bond acceptors (Lipinski definition) is 1. The maximum absolute atomic E-state index is 5.53. The molecule has 0 rings (SSSR count). The van der Waals surface area contributed by atoms with E-state index in [0.29, 0.717) is 9.45 Å². The summed E-state index contributed by atoms with van der Waals surface area (Å²) in [5, 5.41) is 2.71. The van der Waals surface area contributed by atoms with Gasteiger partial charge in [-0.3, -0.25) is 0 Å². The Morgan fingerprint density at radius 2 is 1.08 bits per heavy atom. The molecule has 0 aliphatic carbocycles. The monoisotopic (exact) mass is 238 g/mol. The van der Waals surface area contributed by atoms with Gasteiger partial charge in [-0.05, 0) is 10.8 Å². The second-order valence-corrected chi connectivity index (χ2v) is 20.7. The highest BCUT2D eigenvalue weighted by Gasteiger charge is 2.20. The maximum Gasteiger partial charge on any atom is 0.0552 e. The van der Waals surface area contributed by atoms with Crippen LogP contribution < -0.4 is 0 Å². The molecule has 0 radical (unpaired) electrons. The summed E-state index contributed by atoms with van der Waals surface area (Å²) in [6.07, 6.45) is 0. The molecule has 4 heteroatoms. The largest absolute Gasteiger partial charge is 0.127 e. The van der Waals surface area contributed by atoms with Gasteiger partial charge < -0.3 is 0 Å². The molecule has 0 aromatic carbocycles. The molecule has 0 N–H and O–H groups in total. The van der Waals surface area contributed by atoms with Crippen LogP contribution in [0.25, 0.3) is 0 Å². The predicted molar refractivity (Wildman–Crippen MR) is 71.2 cm³/mol. The highest BCUT2D eigenvalue weighted by Crippen LogP contribution is 2.08. The molecule has 0 aliphatic rings. The molecule has 74 valence electrons. The SMILES string of the molecule is C[Si](C)(C)CS(=S)C[Si](C)(C)C. The first kappa shape index (κ1) is 13.0. The molecule has 0 amide bonds. The lowest BCUT2D eigenvalue weighted by atomic mass is 11.7. The van der Waals surface area contributed by atoms with Gasteiger partial charge >= 0.3 is 0 Å². The number of rotatable bonds is 4. The lowest BCUT2D eigenvalue weighted by Gasteiger charge is -2.22. The maximum atomic E-state index is 5.53. The van der Waals surface area contributed by atoms with Crippen molar-refractivity contribution in [1.29, 1.82) is 0 Å². The van der Waals surface area contributed by atoms with Crippen LogP contribution in [0.2, 0.25) is 39.3 Å². The van der Waals surface area contributed by atoms with Crippen LogP contribution in [0.15, 0.2) is 0 Å². The van der Waals surface area contributed by atoms with Crippen molar-refractivity contribution >= 4 is 36.8 Å². The molecule has 0 aromatic rings. The van der Waals surface area contributed by atoms with E-state index in [1.165, 1.54) is 10.8 Å². The van der Waals surface area contributed by atoms with Crippen LogP contribution in [0.1, 0.15) is 0 Å². The molecule has 12 heavy (non-hydrogen) atoms. The molecular weight excluding hydrogens is 216 g/mol. The van der Waals surface area contributed by atoms with Gasteiger partial charge in [-0.15, -0.1) is 9.45 Å². The fraction of sp³-hybridized carbons (Fsp3) is 1.00. The van der Waals surface area contributed by atoms with Gasteiger partial charge in [0.05, 0.1) is 16.1 Å². The van der Waals surface area contributed by atoms with Crippen molar-refractivity contribution in [2.24, 2.45) is 0 Å². The van der Waals surface area contributed by atoms with Crippen LogP contribution in [-0.4, -0.2) is 26.9 Å². The third kappa shape index (κ3) is 9.09. The van der Waals surface area contributed by atoms with Gasteiger partial charge in [-0.1, -0.05) is 50.5 Å². The smallest absolute Gasteiger partial charge is 0.0552 e. The summed E-state index contributed by atoms with van der Waals surface area (Å²) in [7, 11) is -1.48. The average molecular weight is 239 g/mol. The van der Waals surface area contributed by atoms with E-state index in [0.717, 1.165) is 0 Å². The zero-order chi connectivity index (χ0) is 9.99. The quantitative estimate of drug-likeness (QED) is 0.679. The minimum Gasteiger partial charge on any atom is -0.127 e. The van der Waals surface area contributed by atoms with E-state index in [1.54, 1.807) is 0 Å². The van der Waals surface area contributed by atoms with Crippen LogP contribution >= 0.6 is 0 Å². The Morgan fingerprint density at radius 1 is 0.833 bits per heavy atom. The summed E-state index contributed by atoms with van der Waals surface area (Å²) < 4.78 is 0. The lowest BCUT2D eigenvalue weighted by molar-refractivity contribution is 1.63. The van der Waals surface area contributed by atoms with Gasteiger partial charge in [0, 0.05) is 0 Å². The zero-order valence-corrected chi connectivity index (χ0v) is 12.9. The standard InChI is InChI=1S/C8H22S2Si2/c1-11(2,3)7-10(9)8-12(4,5)6/h7-8H2,1-6H3. The first-order valence-corrected chi connectivity index (χ1v) is 14.4. The van der Waals surface area contributed by atoms with E-state index in [9.17, 15) is 0 Å². The van der Waals surface area contributed by atoms with Crippen LogP contribution in [0.5, 0.6) is 0 Å². The average Bonchev–Trinajstić information content (AvgIpc) is 1.49. The van der Waals surface area contributed by atoms with Crippen LogP contribution in [0.3, 0.4) is 0 Å². The van der Waals surface area contributed by atoms with E-state index in [1.807, 2.05) is 0 Å². The molecule has 0 aliphatic heterocycles. The molecule has 0 fully saturated rings. The first-order chi connectivity index (χ1) is 5.10. The van der Waals surface area contributed by atoms with E-state index >= 15 is 0 Å². The predicted octanol–water partition coefficient (Wildman–Crippen LogP) is 2.82. The third-order valence-corrected chi connectivity index (χ3v) is 12.8. The highest BCUT2D eigenvalue weighted by atomic mass is 32.8. The Labute approximate surface area is 86.8 Å². The summed E-state index contributed by atoms with van der Waals surface area (Å²) in [5.41, 5.74) is 0. The molecule has 0 bridgehead atoms. The molecule has 0 spiro atoms. The lowest BCUT2D eigenvalue weighted by Crippen LogP contribution is -2.36. The van der Waals surface area contributed by atoms with Gasteiger partial charge in [0.25, 0.3) is 0 Å². The molecular formula is C8H22S2Si2. The summed E-state index contributed by atoms with van der Waals surface area (Å²) in [4.78, 5) is 0. The topological polar surface area (TPSA) is 0 Å². The first-order valence-electron chi connectivity index (χ1n) is 4.45. The van der Waals surface area contributed by atoms with E-state index in [2.05, 4.69) is 39.3 Å². The molecule has 0 saturated heterocycles. The molecule has 0 atom stereocenters. The van der Waals surface area contributed by atoms with Crippen molar-refractivity contribution in [2.75, 3.05) is 10.8 Å². The van der Waals surface area contributed by atoms with E-state index < -0.39 is 16.1 Å². The summed E-state index contributed by atoms with van der Waals surface area (Å²) in [6, 6.07) is 0. The van der Waals surface area contributed by atoms with E-state index in [4.69, 9.17) is 11.2 Å². The minimum absolute atomic E-state index is 0.298. The molecule has 0 nitrogen and oxygen atoms in total. The van der Waals surface area contributed by atoms with Gasteiger partial charge in [0.2, 0.25) is 0 Å². The number of hydrogen-bond donors (Lipinski definition) is 0. The fourth-order valence-electron chi connectivity index (χ4n) is 1.02. The third-order valence-electron chi connectivity index (χ3n) is 1.19. The van der Waals surface area contributed by atoms with Crippen LogP contribution in [0, 0.1) is 0 Å². The molecule has 0 unspecified atom stereocenters. The van der Waals surface area contributed by atoms with Crippen molar-refractivity contribution < 1.29 is 0 Å². The van der Waals surface area contributed by atoms with Gasteiger partial charge in [0.15, 0.2) is 0 Å². The van der Waals surface area contributed by atoms with Crippen molar-refractivity contribution in [3.63, 3.8) is 0 Å². The summed E-state index contributed by atoms with van der Waals surface area (Å²) in [6.45, 7) is 14.5. The normalized spacial score (nSPS) is 13.9. The zero-order valence-electron chi connectivity index (χ0n) is 9.23. The van der Waals surface area contributed by atoms with Crippen LogP contribution in [-0.2, 0) is 20.6 Å². The van der Waals surface area contributed by atoms with Crippen molar-refractivity contribution in [3.05, 3.63) is 0 Å². The Morgan fingerprint density at radius 3 is 1.25 bits per heavy atom.